The Morgan fingerprint density at radius 1 is 0.758 bits per heavy atom. The highest BCUT2D eigenvalue weighted by Crippen LogP contribution is 2.55. The van der Waals surface area contributed by atoms with Crippen molar-refractivity contribution in [3.05, 3.63) is 131 Å². The van der Waals surface area contributed by atoms with Crippen LogP contribution in [0.15, 0.2) is 103 Å². The van der Waals surface area contributed by atoms with Crippen LogP contribution in [-0.4, -0.2) is 7.11 Å². The average Bonchev–Trinajstić information content (AvgIpc) is 2.89. The number of ether oxygens (including phenoxy) is 1. The molecule has 1 aliphatic heterocycles. The number of para-hydroxylation sites is 1. The van der Waals surface area contributed by atoms with E-state index >= 15 is 0 Å². The predicted molar refractivity (Wildman–Crippen MR) is 135 cm³/mol. The molecule has 0 spiro atoms. The normalized spacial score (nSPS) is 21.0. The SMILES string of the molecule is COc1ccc(CN2c3ccccc3[C@@H](c3ccccc3)[C@H]3CCc4ccccc4[C@H]32)cc1. The maximum atomic E-state index is 5.40. The Hall–Kier alpha value is -3.52. The number of hydrogen-bond acceptors (Lipinski definition) is 2. The van der Waals surface area contributed by atoms with E-state index in [-0.39, 0.29) is 0 Å². The summed E-state index contributed by atoms with van der Waals surface area (Å²) in [5.41, 5.74) is 8.56. The highest BCUT2D eigenvalue weighted by atomic mass is 16.5. The van der Waals surface area contributed by atoms with Gasteiger partial charge in [-0.1, -0.05) is 84.9 Å². The summed E-state index contributed by atoms with van der Waals surface area (Å²) in [5, 5.41) is 0. The minimum absolute atomic E-state index is 0.358. The van der Waals surface area contributed by atoms with Gasteiger partial charge >= 0.3 is 0 Å². The highest BCUT2D eigenvalue weighted by molar-refractivity contribution is 5.63. The summed E-state index contributed by atoms with van der Waals surface area (Å²) in [6.07, 6.45) is 2.36. The van der Waals surface area contributed by atoms with E-state index in [9.17, 15) is 0 Å². The minimum atomic E-state index is 0.358. The van der Waals surface area contributed by atoms with Crippen molar-refractivity contribution in [1.29, 1.82) is 0 Å². The molecule has 0 saturated heterocycles. The first kappa shape index (κ1) is 20.1. The van der Waals surface area contributed by atoms with Crippen LogP contribution < -0.4 is 9.64 Å². The Morgan fingerprint density at radius 3 is 2.24 bits per heavy atom. The van der Waals surface area contributed by atoms with E-state index in [1.54, 1.807) is 7.11 Å². The molecule has 164 valence electrons. The second-order valence-electron chi connectivity index (χ2n) is 9.27. The molecule has 3 atom stereocenters. The first-order chi connectivity index (χ1) is 16.3. The summed E-state index contributed by atoms with van der Waals surface area (Å²) >= 11 is 0. The third-order valence-corrected chi connectivity index (χ3v) is 7.54. The van der Waals surface area contributed by atoms with Crippen LogP contribution in [0.4, 0.5) is 5.69 Å². The molecular formula is C31H29NO. The molecule has 33 heavy (non-hydrogen) atoms. The predicted octanol–water partition coefficient (Wildman–Crippen LogP) is 7.15. The van der Waals surface area contributed by atoms with E-state index in [0.717, 1.165) is 18.7 Å². The molecule has 1 heterocycles. The van der Waals surface area contributed by atoms with Gasteiger partial charge in [0.05, 0.1) is 13.2 Å². The van der Waals surface area contributed by atoms with E-state index in [0.29, 0.717) is 17.9 Å². The van der Waals surface area contributed by atoms with Gasteiger partial charge in [-0.2, -0.15) is 0 Å². The first-order valence-electron chi connectivity index (χ1n) is 11.9. The molecular weight excluding hydrogens is 402 g/mol. The van der Waals surface area contributed by atoms with Gasteiger partial charge in [0.2, 0.25) is 0 Å². The number of fused-ring (bicyclic) bond motifs is 4. The van der Waals surface area contributed by atoms with Crippen LogP contribution in [0.2, 0.25) is 0 Å². The number of anilines is 1. The summed E-state index contributed by atoms with van der Waals surface area (Å²) in [6.45, 7) is 0.887. The molecule has 0 bridgehead atoms. The van der Waals surface area contributed by atoms with Crippen LogP contribution in [0, 0.1) is 5.92 Å². The van der Waals surface area contributed by atoms with Gasteiger partial charge in [0, 0.05) is 18.2 Å². The fourth-order valence-corrected chi connectivity index (χ4v) is 6.10. The number of rotatable bonds is 4. The molecule has 0 fully saturated rings. The van der Waals surface area contributed by atoms with Crippen molar-refractivity contribution in [1.82, 2.24) is 0 Å². The van der Waals surface area contributed by atoms with Crippen molar-refractivity contribution in [2.45, 2.75) is 31.3 Å². The molecule has 4 aromatic carbocycles. The number of benzene rings is 4. The second kappa shape index (κ2) is 8.44. The van der Waals surface area contributed by atoms with Gasteiger partial charge in [-0.15, -0.1) is 0 Å². The zero-order valence-electron chi connectivity index (χ0n) is 19.0. The number of hydrogen-bond donors (Lipinski definition) is 0. The molecule has 2 aliphatic rings. The van der Waals surface area contributed by atoms with E-state index in [1.165, 1.54) is 39.9 Å². The zero-order valence-corrected chi connectivity index (χ0v) is 19.0. The minimum Gasteiger partial charge on any atom is -0.497 e. The van der Waals surface area contributed by atoms with Crippen molar-refractivity contribution < 1.29 is 4.74 Å². The summed E-state index contributed by atoms with van der Waals surface area (Å²) in [7, 11) is 1.73. The maximum Gasteiger partial charge on any atom is 0.118 e. The Labute approximate surface area is 196 Å². The van der Waals surface area contributed by atoms with E-state index in [2.05, 4.69) is 108 Å². The molecule has 1 aliphatic carbocycles. The standard InChI is InChI=1S/C31H29NO/c1-33-25-18-15-22(16-19-25)21-32-29-14-8-7-13-27(29)30(24-10-3-2-4-11-24)28-20-17-23-9-5-6-12-26(23)31(28)32/h2-16,18-19,28,30-31H,17,20-21H2,1H3/t28-,30-,31-/m1/s1. The number of aryl methyl sites for hydroxylation is 1. The highest BCUT2D eigenvalue weighted by Gasteiger charge is 2.44. The molecule has 2 heteroatoms. The Kier molecular flexibility index (Phi) is 5.14. The summed E-state index contributed by atoms with van der Waals surface area (Å²) < 4.78 is 5.40. The largest absolute Gasteiger partial charge is 0.497 e. The van der Waals surface area contributed by atoms with Gasteiger partial charge in [-0.25, -0.2) is 0 Å². The lowest BCUT2D eigenvalue weighted by atomic mass is 9.65. The third kappa shape index (κ3) is 3.51. The molecule has 0 radical (unpaired) electrons. The van der Waals surface area contributed by atoms with Gasteiger partial charge in [0.25, 0.3) is 0 Å². The van der Waals surface area contributed by atoms with Gasteiger partial charge in [-0.05, 0) is 64.8 Å². The van der Waals surface area contributed by atoms with Crippen LogP contribution >= 0.6 is 0 Å². The summed E-state index contributed by atoms with van der Waals surface area (Å²) in [5.74, 6) is 1.85. The van der Waals surface area contributed by atoms with Crippen molar-refractivity contribution in [2.24, 2.45) is 5.92 Å². The molecule has 0 saturated carbocycles. The lowest BCUT2D eigenvalue weighted by molar-refractivity contribution is 0.306. The van der Waals surface area contributed by atoms with Crippen LogP contribution in [0.5, 0.6) is 5.75 Å². The number of methoxy groups -OCH3 is 1. The zero-order chi connectivity index (χ0) is 22.2. The average molecular weight is 432 g/mol. The van der Waals surface area contributed by atoms with Crippen molar-refractivity contribution in [3.8, 4) is 5.75 Å². The van der Waals surface area contributed by atoms with Crippen LogP contribution in [0.3, 0.4) is 0 Å². The van der Waals surface area contributed by atoms with Crippen molar-refractivity contribution >= 4 is 5.69 Å². The fourth-order valence-electron chi connectivity index (χ4n) is 6.10. The molecule has 2 nitrogen and oxygen atoms in total. The van der Waals surface area contributed by atoms with E-state index in [1.807, 2.05) is 0 Å². The van der Waals surface area contributed by atoms with Gasteiger partial charge in [0.1, 0.15) is 5.75 Å². The number of nitrogens with zero attached hydrogens (tertiary/aromatic N) is 1. The van der Waals surface area contributed by atoms with Crippen LogP contribution in [-0.2, 0) is 13.0 Å². The molecule has 6 rings (SSSR count). The van der Waals surface area contributed by atoms with Crippen molar-refractivity contribution in [3.63, 3.8) is 0 Å². The monoisotopic (exact) mass is 431 g/mol. The topological polar surface area (TPSA) is 12.5 Å². The molecule has 0 unspecified atom stereocenters. The maximum absolute atomic E-state index is 5.40. The molecule has 0 amide bonds. The molecule has 0 N–H and O–H groups in total. The fraction of sp³-hybridized carbons (Fsp3) is 0.226. The van der Waals surface area contributed by atoms with Crippen LogP contribution in [0.25, 0.3) is 0 Å². The van der Waals surface area contributed by atoms with E-state index in [4.69, 9.17) is 4.74 Å². The second-order valence-corrected chi connectivity index (χ2v) is 9.27. The third-order valence-electron chi connectivity index (χ3n) is 7.54. The molecule has 4 aromatic rings. The smallest absolute Gasteiger partial charge is 0.118 e. The van der Waals surface area contributed by atoms with Crippen LogP contribution in [0.1, 0.15) is 46.2 Å². The summed E-state index contributed by atoms with van der Waals surface area (Å²) in [6, 6.07) is 38.2. The molecule has 0 aromatic heterocycles. The van der Waals surface area contributed by atoms with Crippen molar-refractivity contribution in [2.75, 3.05) is 12.0 Å². The summed E-state index contributed by atoms with van der Waals surface area (Å²) in [4.78, 5) is 2.67. The first-order valence-corrected chi connectivity index (χ1v) is 11.9. The van der Waals surface area contributed by atoms with Gasteiger partial charge in [-0.3, -0.25) is 0 Å². The Bertz CT molecular complexity index is 1250. The van der Waals surface area contributed by atoms with Gasteiger partial charge in [0.15, 0.2) is 0 Å². The Balaban J connectivity index is 1.52. The Morgan fingerprint density at radius 2 is 1.45 bits per heavy atom. The lowest BCUT2D eigenvalue weighted by Crippen LogP contribution is -2.43. The van der Waals surface area contributed by atoms with Gasteiger partial charge < -0.3 is 9.64 Å². The lowest BCUT2D eigenvalue weighted by Gasteiger charge is -2.51. The quantitative estimate of drug-likeness (QED) is 0.340. The van der Waals surface area contributed by atoms with E-state index < -0.39 is 0 Å².